The van der Waals surface area contributed by atoms with Crippen molar-refractivity contribution in [1.29, 1.82) is 0 Å². The van der Waals surface area contributed by atoms with Crippen LogP contribution in [0.3, 0.4) is 0 Å². The Bertz CT molecular complexity index is 3140. The highest BCUT2D eigenvalue weighted by Gasteiger charge is 2.78. The zero-order valence-corrected chi connectivity index (χ0v) is 44.3. The number of nitrogens with one attached hydrogen (secondary N) is 1. The second kappa shape index (κ2) is 22.7. The zero-order valence-electron chi connectivity index (χ0n) is 44.3. The lowest BCUT2D eigenvalue weighted by Gasteiger charge is -2.67. The van der Waals surface area contributed by atoms with E-state index in [-0.39, 0.29) is 52.5 Å². The van der Waals surface area contributed by atoms with E-state index < -0.39 is 113 Å². The van der Waals surface area contributed by atoms with E-state index in [1.165, 1.54) is 32.0 Å². The maximum atomic E-state index is 15.5. The number of phenols is 3. The highest BCUT2D eigenvalue weighted by atomic mass is 16.6. The van der Waals surface area contributed by atoms with Crippen molar-refractivity contribution < 1.29 is 83.1 Å². The minimum atomic E-state index is -2.39. The Labute approximate surface area is 455 Å². The molecule has 414 valence electrons. The largest absolute Gasteiger partial charge is 0.508 e. The molecule has 0 radical (unpaired) electrons. The number of aliphatic hydroxyl groups is 3. The molecule has 0 unspecified atom stereocenters. The molecule has 0 spiro atoms. The summed E-state index contributed by atoms with van der Waals surface area (Å²) in [4.78, 5) is 83.5. The Balaban J connectivity index is 0.000000410. The van der Waals surface area contributed by atoms with Gasteiger partial charge in [0.05, 0.1) is 35.6 Å². The smallest absolute Gasteiger partial charge is 0.338 e. The van der Waals surface area contributed by atoms with Gasteiger partial charge in [-0.15, -0.1) is 0 Å². The van der Waals surface area contributed by atoms with Crippen molar-refractivity contribution >= 4 is 47.7 Å². The highest BCUT2D eigenvalue weighted by Crippen LogP contribution is 2.64. The fourth-order valence-corrected chi connectivity index (χ4v) is 11.7. The van der Waals surface area contributed by atoms with Gasteiger partial charge in [0.2, 0.25) is 0 Å². The van der Waals surface area contributed by atoms with Gasteiger partial charge in [0.25, 0.3) is 5.91 Å². The molecule has 1 heterocycles. The Morgan fingerprint density at radius 1 is 0.722 bits per heavy atom. The van der Waals surface area contributed by atoms with Crippen molar-refractivity contribution in [1.82, 2.24) is 5.32 Å². The number of ether oxygens (including phenoxy) is 5. The number of esters is 4. The first-order valence-electron chi connectivity index (χ1n) is 25.6. The number of fused-ring (bicyclic) bond motifs is 5. The molecule has 3 fully saturated rings. The minimum absolute atomic E-state index is 0.00289. The molecule has 7 N–H and O–H groups in total. The second-order valence-corrected chi connectivity index (χ2v) is 21.1. The van der Waals surface area contributed by atoms with Crippen molar-refractivity contribution in [2.45, 2.75) is 108 Å². The molecule has 18 nitrogen and oxygen atoms in total. The molecule has 2 saturated carbocycles. The Hall–Kier alpha value is -8.16. The van der Waals surface area contributed by atoms with Crippen molar-refractivity contribution in [2.24, 2.45) is 16.7 Å². The van der Waals surface area contributed by atoms with Crippen LogP contribution < -0.4 is 5.32 Å². The summed E-state index contributed by atoms with van der Waals surface area (Å²) in [6, 6.07) is 34.1. The summed E-state index contributed by atoms with van der Waals surface area (Å²) in [6.07, 6.45) is -6.91. The summed E-state index contributed by atoms with van der Waals surface area (Å²) in [5, 5.41) is 68.0. The van der Waals surface area contributed by atoms with E-state index in [0.29, 0.717) is 11.1 Å². The number of Topliss-reactive ketones (excluding diaryl/α,β-unsaturated/α-hetero) is 1. The van der Waals surface area contributed by atoms with E-state index >= 15 is 4.79 Å². The summed E-state index contributed by atoms with van der Waals surface area (Å²) in [5.41, 5.74) is -5.39. The van der Waals surface area contributed by atoms with E-state index in [4.69, 9.17) is 28.8 Å². The molecular formula is C61H63NO17. The number of ketones is 1. The SMILES string of the molecule is CC(=O)O[C@H]1C(=O)[C@@]2(C)[C@H]([C@H](OC(=O)c3ccccc3)[C@]3(O)C[C@H](OC(=O)[C@H](O)[C@@H](NC(=O)c4ccccc4)c4ccccc4)C(C)=C1C3(C)C)[C@]1(OC(C)=O)CO[C@@H]1C[C@@H]2O.Oc1ccc(/C=C/c2cc(O)cc(O)c2)cc1. The molecule has 11 atom stereocenters. The number of hydrogen-bond donors (Lipinski definition) is 7. The molecule has 4 aliphatic rings. The van der Waals surface area contributed by atoms with Gasteiger partial charge >= 0.3 is 23.9 Å². The lowest BCUT2D eigenvalue weighted by Crippen LogP contribution is -2.82. The second-order valence-electron chi connectivity index (χ2n) is 21.1. The number of rotatable bonds is 12. The molecule has 5 aromatic rings. The van der Waals surface area contributed by atoms with Crippen LogP contribution in [0.25, 0.3) is 12.2 Å². The van der Waals surface area contributed by atoms with E-state index in [1.807, 2.05) is 6.08 Å². The van der Waals surface area contributed by atoms with E-state index in [0.717, 1.165) is 19.4 Å². The summed E-state index contributed by atoms with van der Waals surface area (Å²) >= 11 is 0. The lowest BCUT2D eigenvalue weighted by molar-refractivity contribution is -0.346. The van der Waals surface area contributed by atoms with Crippen LogP contribution in [0.4, 0.5) is 0 Å². The molecule has 0 aromatic heterocycles. The maximum Gasteiger partial charge on any atom is 0.338 e. The number of phenolic OH excluding ortho intramolecular Hbond substituents is 3. The number of benzene rings is 5. The van der Waals surface area contributed by atoms with Crippen LogP contribution in [0.15, 0.2) is 145 Å². The molecule has 1 saturated heterocycles. The van der Waals surface area contributed by atoms with Crippen LogP contribution >= 0.6 is 0 Å². The molecule has 1 aliphatic heterocycles. The fraction of sp³-hybridized carbons (Fsp3) is 0.344. The van der Waals surface area contributed by atoms with Crippen molar-refractivity contribution in [2.75, 3.05) is 6.61 Å². The summed E-state index contributed by atoms with van der Waals surface area (Å²) in [7, 11) is 0. The number of carbonyl (C=O) groups is 6. The van der Waals surface area contributed by atoms with Gasteiger partial charge in [-0.2, -0.15) is 0 Å². The van der Waals surface area contributed by atoms with Gasteiger partial charge in [-0.25, -0.2) is 9.59 Å². The Kier molecular flexibility index (Phi) is 16.4. The quantitative estimate of drug-likeness (QED) is 0.0296. The average molecular weight is 1080 g/mol. The number of hydrogen-bond acceptors (Lipinski definition) is 17. The third kappa shape index (κ3) is 11.1. The fourth-order valence-electron chi connectivity index (χ4n) is 11.7. The average Bonchev–Trinajstić information content (AvgIpc) is 3.61. The van der Waals surface area contributed by atoms with Gasteiger partial charge in [0, 0.05) is 43.7 Å². The first-order chi connectivity index (χ1) is 37.4. The van der Waals surface area contributed by atoms with Crippen LogP contribution in [0, 0.1) is 16.7 Å². The van der Waals surface area contributed by atoms with Crippen LogP contribution in [0.5, 0.6) is 17.2 Å². The van der Waals surface area contributed by atoms with Crippen LogP contribution in [-0.2, 0) is 42.9 Å². The van der Waals surface area contributed by atoms with Gasteiger partial charge in [0.15, 0.2) is 23.6 Å². The summed E-state index contributed by atoms with van der Waals surface area (Å²) < 4.78 is 30.3. The van der Waals surface area contributed by atoms with Crippen LogP contribution in [0.1, 0.15) is 97.8 Å². The maximum absolute atomic E-state index is 15.5. The monoisotopic (exact) mass is 1080 g/mol. The standard InChI is InChI=1S/C47H51NO14.C14H12O3/c1-25-31(60-43(56)36(52)35(28-16-10-7-11-17-28)48-41(54)29-18-12-8-13-19-29)23-47(57)40(61-42(55)30-20-14-9-15-21-30)38-45(6,32(51)22-33-46(38,24-58-33)62-27(3)50)39(53)37(59-26(2)49)34(25)44(47,4)5;15-12-5-3-10(4-6-12)1-2-11-7-13(16)9-14(17)8-11/h7-21,31-33,35-38,40,51-52,57H,22-24H2,1-6H3,(H,48,54);1-9,15-17H/b;2-1+/t31-,32-,33+,35-,36+,37+,38-,40-,45+,46-,47+;/m0./s1. The van der Waals surface area contributed by atoms with E-state index in [9.17, 15) is 49.5 Å². The Morgan fingerprint density at radius 2 is 1.29 bits per heavy atom. The van der Waals surface area contributed by atoms with E-state index in [1.54, 1.807) is 135 Å². The van der Waals surface area contributed by atoms with Crippen LogP contribution in [-0.4, -0.2) is 121 Å². The molecule has 5 aromatic carbocycles. The Morgan fingerprint density at radius 3 is 1.85 bits per heavy atom. The van der Waals surface area contributed by atoms with E-state index in [2.05, 4.69) is 5.32 Å². The number of aromatic hydroxyl groups is 3. The number of carbonyl (C=O) groups excluding carboxylic acids is 6. The molecule has 18 heteroatoms. The van der Waals surface area contributed by atoms with Crippen molar-refractivity contribution in [3.8, 4) is 17.2 Å². The minimum Gasteiger partial charge on any atom is -0.508 e. The molecule has 3 aliphatic carbocycles. The van der Waals surface area contributed by atoms with Gasteiger partial charge in [-0.05, 0) is 90.2 Å². The zero-order chi connectivity index (χ0) is 57.2. The van der Waals surface area contributed by atoms with Gasteiger partial charge in [0.1, 0.15) is 41.2 Å². The summed E-state index contributed by atoms with van der Waals surface area (Å²) in [5.74, 6) is -6.57. The number of aliphatic hydroxyl groups excluding tert-OH is 2. The van der Waals surface area contributed by atoms with Gasteiger partial charge in [-0.1, -0.05) is 105 Å². The summed E-state index contributed by atoms with van der Waals surface area (Å²) in [6.45, 7) is 7.97. The van der Waals surface area contributed by atoms with Crippen LogP contribution in [0.2, 0.25) is 0 Å². The molecule has 79 heavy (non-hydrogen) atoms. The molecule has 2 bridgehead atoms. The molecule has 9 rings (SSSR count). The topological polar surface area (TPSA) is 282 Å². The first kappa shape index (κ1) is 57.0. The highest BCUT2D eigenvalue weighted by molar-refractivity contribution is 5.96. The van der Waals surface area contributed by atoms with Gasteiger partial charge in [-0.3, -0.25) is 19.2 Å². The molecular weight excluding hydrogens is 1020 g/mol. The molecule has 1 amide bonds. The normalized spacial score (nSPS) is 27.3. The predicted octanol–water partition coefficient (Wildman–Crippen LogP) is 6.71. The third-order valence-corrected chi connectivity index (χ3v) is 15.8. The van der Waals surface area contributed by atoms with Crippen molar-refractivity contribution in [3.63, 3.8) is 0 Å². The first-order valence-corrected chi connectivity index (χ1v) is 25.6. The van der Waals surface area contributed by atoms with Gasteiger partial charge < -0.3 is 59.6 Å². The lowest BCUT2D eigenvalue weighted by atomic mass is 9.44. The van der Waals surface area contributed by atoms with Crippen molar-refractivity contribution in [3.05, 3.63) is 172 Å². The third-order valence-electron chi connectivity index (χ3n) is 15.8. The number of amides is 1. The predicted molar refractivity (Wildman–Crippen MR) is 284 cm³/mol.